The first-order chi connectivity index (χ1) is 15.7. The van der Waals surface area contributed by atoms with Gasteiger partial charge in [-0.15, -0.1) is 0 Å². The Morgan fingerprint density at radius 2 is 1.91 bits per heavy atom. The zero-order chi connectivity index (χ0) is 23.6. The number of ether oxygens (including phenoxy) is 1. The molecular weight excluding hydrogens is 426 g/mol. The quantitative estimate of drug-likeness (QED) is 0.646. The highest BCUT2D eigenvalue weighted by atomic mass is 19.1. The first-order valence-corrected chi connectivity index (χ1v) is 11.6. The Morgan fingerprint density at radius 1 is 1.15 bits per heavy atom. The van der Waals surface area contributed by atoms with Crippen LogP contribution in [0.2, 0.25) is 0 Å². The molecule has 7 heteroatoms. The molecular formula is C26H32F2N2O3. The van der Waals surface area contributed by atoms with Gasteiger partial charge in [0.1, 0.15) is 29.5 Å². The highest BCUT2D eigenvalue weighted by Gasteiger charge is 2.39. The van der Waals surface area contributed by atoms with Crippen LogP contribution in [0, 0.1) is 17.6 Å². The van der Waals surface area contributed by atoms with Crippen LogP contribution in [0.15, 0.2) is 42.5 Å². The number of halogens is 2. The zero-order valence-electron chi connectivity index (χ0n) is 19.2. The van der Waals surface area contributed by atoms with Gasteiger partial charge in [-0.1, -0.05) is 12.1 Å². The molecule has 2 atom stereocenters. The van der Waals surface area contributed by atoms with E-state index >= 15 is 0 Å². The molecule has 2 aromatic carbocycles. The van der Waals surface area contributed by atoms with E-state index in [1.807, 2.05) is 26.2 Å². The molecule has 1 saturated carbocycles. The summed E-state index contributed by atoms with van der Waals surface area (Å²) in [4.78, 5) is 13.3. The number of carbonyl (C=O) groups is 1. The summed E-state index contributed by atoms with van der Waals surface area (Å²) in [5.41, 5.74) is 1.71. The fourth-order valence-corrected chi connectivity index (χ4v) is 5.44. The van der Waals surface area contributed by atoms with Gasteiger partial charge < -0.3 is 15.2 Å². The molecule has 2 N–H and O–H groups in total. The van der Waals surface area contributed by atoms with Gasteiger partial charge in [0, 0.05) is 24.6 Å². The molecule has 2 aliphatic rings. The Balaban J connectivity index is 1.40. The van der Waals surface area contributed by atoms with Crippen molar-refractivity contribution in [2.75, 3.05) is 20.6 Å². The summed E-state index contributed by atoms with van der Waals surface area (Å²) < 4.78 is 34.1. The minimum Gasteiger partial charge on any atom is -0.489 e. The number of nitrogens with zero attached hydrogens (tertiary/aromatic N) is 1. The smallest absolute Gasteiger partial charge is 0.320 e. The van der Waals surface area contributed by atoms with Crippen LogP contribution in [0.5, 0.6) is 5.75 Å². The van der Waals surface area contributed by atoms with Gasteiger partial charge in [0.2, 0.25) is 0 Å². The van der Waals surface area contributed by atoms with Gasteiger partial charge in [-0.3, -0.25) is 9.69 Å². The second kappa shape index (κ2) is 9.77. The van der Waals surface area contributed by atoms with Gasteiger partial charge in [-0.2, -0.15) is 0 Å². The lowest BCUT2D eigenvalue weighted by atomic mass is 9.70. The van der Waals surface area contributed by atoms with Crippen LogP contribution in [0.4, 0.5) is 8.78 Å². The number of aliphatic carboxylic acids is 1. The van der Waals surface area contributed by atoms with Crippen molar-refractivity contribution in [3.8, 4) is 5.75 Å². The van der Waals surface area contributed by atoms with Crippen LogP contribution < -0.4 is 10.1 Å². The van der Waals surface area contributed by atoms with E-state index in [0.29, 0.717) is 24.6 Å². The lowest BCUT2D eigenvalue weighted by Crippen LogP contribution is -2.44. The van der Waals surface area contributed by atoms with Crippen molar-refractivity contribution in [2.24, 2.45) is 5.92 Å². The molecule has 1 heterocycles. The van der Waals surface area contributed by atoms with E-state index in [4.69, 9.17) is 9.84 Å². The van der Waals surface area contributed by atoms with Crippen LogP contribution in [0.3, 0.4) is 0 Å². The molecule has 178 valence electrons. The maximum atomic E-state index is 14.3. The molecule has 0 radical (unpaired) electrons. The number of hydrogen-bond acceptors (Lipinski definition) is 4. The Kier molecular flexibility index (Phi) is 7.00. The molecule has 4 rings (SSSR count). The SMILES string of the molecule is CN(C)C1(c2cccc(F)c2)CCC(Cc2cc(F)cc(O[C@@H]3CN[C@H](C(=O)O)C3)c2)CC1. The number of carboxylic acids is 1. The van der Waals surface area contributed by atoms with Gasteiger partial charge in [0.05, 0.1) is 0 Å². The van der Waals surface area contributed by atoms with Crippen molar-refractivity contribution < 1.29 is 23.4 Å². The molecule has 1 saturated heterocycles. The summed E-state index contributed by atoms with van der Waals surface area (Å²) in [7, 11) is 4.10. The Bertz CT molecular complexity index is 989. The summed E-state index contributed by atoms with van der Waals surface area (Å²) in [5.74, 6) is -0.603. The average Bonchev–Trinajstić information content (AvgIpc) is 3.22. The summed E-state index contributed by atoms with van der Waals surface area (Å²) in [5, 5.41) is 12.0. The monoisotopic (exact) mass is 458 g/mol. The molecule has 0 unspecified atom stereocenters. The molecule has 1 aliphatic carbocycles. The summed E-state index contributed by atoms with van der Waals surface area (Å²) in [6.45, 7) is 0.429. The predicted octanol–water partition coefficient (Wildman–Crippen LogP) is 4.35. The Morgan fingerprint density at radius 3 is 2.55 bits per heavy atom. The summed E-state index contributed by atoms with van der Waals surface area (Å²) >= 11 is 0. The van der Waals surface area contributed by atoms with Crippen LogP contribution in [0.25, 0.3) is 0 Å². The maximum Gasteiger partial charge on any atom is 0.320 e. The first kappa shape index (κ1) is 23.6. The van der Waals surface area contributed by atoms with Crippen LogP contribution in [0.1, 0.15) is 43.2 Å². The lowest BCUT2D eigenvalue weighted by molar-refractivity contribution is -0.139. The van der Waals surface area contributed by atoms with Crippen molar-refractivity contribution >= 4 is 5.97 Å². The molecule has 33 heavy (non-hydrogen) atoms. The van der Waals surface area contributed by atoms with Crippen molar-refractivity contribution in [2.45, 2.75) is 56.2 Å². The molecule has 0 amide bonds. The lowest BCUT2D eigenvalue weighted by Gasteiger charge is -2.45. The van der Waals surface area contributed by atoms with Gasteiger partial charge >= 0.3 is 5.97 Å². The van der Waals surface area contributed by atoms with Crippen molar-refractivity contribution in [1.82, 2.24) is 10.2 Å². The molecule has 0 spiro atoms. The molecule has 5 nitrogen and oxygen atoms in total. The third-order valence-electron chi connectivity index (χ3n) is 7.30. The molecule has 0 bridgehead atoms. The van der Waals surface area contributed by atoms with E-state index in [-0.39, 0.29) is 23.3 Å². The van der Waals surface area contributed by atoms with Crippen LogP contribution in [-0.2, 0) is 16.8 Å². The number of hydrogen-bond donors (Lipinski definition) is 2. The van der Waals surface area contributed by atoms with E-state index in [9.17, 15) is 13.6 Å². The van der Waals surface area contributed by atoms with Crippen molar-refractivity contribution in [3.05, 3.63) is 65.2 Å². The molecule has 2 fully saturated rings. The third kappa shape index (κ3) is 5.36. The van der Waals surface area contributed by atoms with E-state index in [0.717, 1.165) is 43.2 Å². The number of rotatable bonds is 7. The average molecular weight is 459 g/mol. The number of benzene rings is 2. The first-order valence-electron chi connectivity index (χ1n) is 11.6. The minimum absolute atomic E-state index is 0.190. The van der Waals surface area contributed by atoms with Gasteiger partial charge in [0.15, 0.2) is 0 Å². The van der Waals surface area contributed by atoms with E-state index < -0.39 is 12.0 Å². The fourth-order valence-electron chi connectivity index (χ4n) is 5.44. The standard InChI is InChI=1S/C26H32F2N2O3/c1-30(2)26(19-4-3-5-20(27)13-19)8-6-17(7-9-26)10-18-11-21(28)14-22(12-18)33-23-15-24(25(31)32)29-16-23/h3-5,11-14,17,23-24,29H,6-10,15-16H2,1-2H3,(H,31,32)/t17?,23-,24-,26?/m0/s1. The van der Waals surface area contributed by atoms with E-state index in [1.54, 1.807) is 18.2 Å². The van der Waals surface area contributed by atoms with E-state index in [2.05, 4.69) is 10.2 Å². The highest BCUT2D eigenvalue weighted by molar-refractivity contribution is 5.73. The van der Waals surface area contributed by atoms with Gasteiger partial charge in [-0.25, -0.2) is 8.78 Å². The normalized spacial score (nSPS) is 27.6. The van der Waals surface area contributed by atoms with Crippen LogP contribution >= 0.6 is 0 Å². The summed E-state index contributed by atoms with van der Waals surface area (Å²) in [6, 6.07) is 11.1. The Hall–Kier alpha value is -2.51. The fraction of sp³-hybridized carbons (Fsp3) is 0.500. The Labute approximate surface area is 193 Å². The predicted molar refractivity (Wildman–Crippen MR) is 122 cm³/mol. The van der Waals surface area contributed by atoms with Crippen molar-refractivity contribution in [3.63, 3.8) is 0 Å². The van der Waals surface area contributed by atoms with Crippen LogP contribution in [-0.4, -0.2) is 48.8 Å². The van der Waals surface area contributed by atoms with Gasteiger partial charge in [-0.05, 0) is 87.5 Å². The largest absolute Gasteiger partial charge is 0.489 e. The highest BCUT2D eigenvalue weighted by Crippen LogP contribution is 2.44. The second-order valence-corrected chi connectivity index (χ2v) is 9.65. The minimum atomic E-state index is -0.898. The number of nitrogens with one attached hydrogen (secondary N) is 1. The topological polar surface area (TPSA) is 61.8 Å². The number of carboxylic acid groups (broad SMARTS) is 1. The molecule has 0 aromatic heterocycles. The second-order valence-electron chi connectivity index (χ2n) is 9.65. The van der Waals surface area contributed by atoms with Gasteiger partial charge in [0.25, 0.3) is 0 Å². The maximum absolute atomic E-state index is 14.3. The summed E-state index contributed by atoms with van der Waals surface area (Å²) in [6.07, 6.45) is 4.58. The third-order valence-corrected chi connectivity index (χ3v) is 7.30. The van der Waals surface area contributed by atoms with Crippen molar-refractivity contribution in [1.29, 1.82) is 0 Å². The molecule has 1 aliphatic heterocycles. The van der Waals surface area contributed by atoms with E-state index in [1.165, 1.54) is 12.1 Å². The zero-order valence-corrected chi connectivity index (χ0v) is 19.2. The molecule has 2 aromatic rings.